The molecule has 6 heteroatoms. The predicted octanol–water partition coefficient (Wildman–Crippen LogP) is 2.01. The summed E-state index contributed by atoms with van der Waals surface area (Å²) in [5.41, 5.74) is 7.89. The van der Waals surface area contributed by atoms with Crippen LogP contribution in [0.4, 0.5) is 0 Å². The molecule has 3 aliphatic rings. The fraction of sp³-hybridized carbons (Fsp3) is 0.444. The minimum Gasteiger partial charge on any atom is -0.363 e. The van der Waals surface area contributed by atoms with Crippen molar-refractivity contribution in [1.82, 2.24) is 9.47 Å². The lowest BCUT2D eigenvalue weighted by Gasteiger charge is -2.49. The van der Waals surface area contributed by atoms with Gasteiger partial charge in [-0.15, -0.1) is 12.4 Å². The van der Waals surface area contributed by atoms with Gasteiger partial charge in [-0.2, -0.15) is 0 Å². The summed E-state index contributed by atoms with van der Waals surface area (Å²) in [6.07, 6.45) is 3.11. The number of halogens is 1. The molecule has 3 fully saturated rings. The van der Waals surface area contributed by atoms with E-state index in [-0.39, 0.29) is 17.8 Å². The highest BCUT2D eigenvalue weighted by atomic mass is 35.5. The van der Waals surface area contributed by atoms with Gasteiger partial charge >= 0.3 is 0 Å². The number of rotatable bonds is 3. The first-order chi connectivity index (χ1) is 11.0. The number of nitrogens with zero attached hydrogens (tertiary/aromatic N) is 2. The van der Waals surface area contributed by atoms with E-state index in [0.717, 1.165) is 55.5 Å². The van der Waals surface area contributed by atoms with Crippen LogP contribution in [0.1, 0.15) is 35.3 Å². The second-order valence-corrected chi connectivity index (χ2v) is 6.87. The molecule has 2 aromatic rings. The Kier molecular flexibility index (Phi) is 4.18. The molecular formula is C18H22ClN3O2. The van der Waals surface area contributed by atoms with Crippen LogP contribution in [0, 0.1) is 0 Å². The Bertz CT molecular complexity index is 805. The number of primary amides is 1. The van der Waals surface area contributed by atoms with Crippen molar-refractivity contribution >= 4 is 35.0 Å². The van der Waals surface area contributed by atoms with E-state index in [0.29, 0.717) is 5.56 Å². The maximum atomic E-state index is 12.6. The number of benzene rings is 1. The topological polar surface area (TPSA) is 68.3 Å². The first-order valence-electron chi connectivity index (χ1n) is 8.18. The molecule has 2 N–H and O–H groups in total. The van der Waals surface area contributed by atoms with Crippen LogP contribution >= 0.6 is 12.4 Å². The summed E-state index contributed by atoms with van der Waals surface area (Å²) in [6, 6.07) is 7.80. The van der Waals surface area contributed by atoms with Gasteiger partial charge in [0, 0.05) is 29.1 Å². The van der Waals surface area contributed by atoms with Crippen LogP contribution in [0.15, 0.2) is 24.3 Å². The van der Waals surface area contributed by atoms with Gasteiger partial charge in [0.1, 0.15) is 0 Å². The number of carbonyl (C=O) groups is 2. The number of para-hydroxylation sites is 1. The molecule has 1 aromatic carbocycles. The summed E-state index contributed by atoms with van der Waals surface area (Å²) in [7, 11) is 2.01. The zero-order chi connectivity index (χ0) is 16.2. The number of piperidine rings is 3. The first kappa shape index (κ1) is 17.0. The number of fused-ring (bicyclic) bond motifs is 4. The minimum atomic E-state index is -0.868. The normalized spacial score (nSPS) is 25.5. The number of carbonyl (C=O) groups excluding carboxylic acids is 2. The molecule has 0 radical (unpaired) electrons. The SMILES string of the molecule is Cl.Cn1c(C23CCN(CC2)CC3)c(C(=O)C(N)=O)c2ccccc21. The number of hydrogen-bond acceptors (Lipinski definition) is 3. The highest BCUT2D eigenvalue weighted by Gasteiger charge is 2.45. The molecule has 1 amide bonds. The average molecular weight is 348 g/mol. The zero-order valence-corrected chi connectivity index (χ0v) is 14.6. The van der Waals surface area contributed by atoms with Crippen molar-refractivity contribution in [3.05, 3.63) is 35.5 Å². The number of ketones is 1. The molecule has 5 rings (SSSR count). The van der Waals surface area contributed by atoms with Crippen molar-refractivity contribution in [1.29, 1.82) is 0 Å². The highest BCUT2D eigenvalue weighted by Crippen LogP contribution is 2.46. The fourth-order valence-electron chi connectivity index (χ4n) is 4.55. The number of aryl methyl sites for hydroxylation is 1. The lowest BCUT2D eigenvalue weighted by atomic mass is 9.68. The van der Waals surface area contributed by atoms with Gasteiger partial charge in [0.25, 0.3) is 11.7 Å². The Morgan fingerprint density at radius 3 is 2.25 bits per heavy atom. The maximum Gasteiger partial charge on any atom is 0.289 e. The number of hydrogen-bond donors (Lipinski definition) is 1. The Labute approximate surface area is 147 Å². The smallest absolute Gasteiger partial charge is 0.289 e. The van der Waals surface area contributed by atoms with Crippen LogP contribution in [-0.4, -0.2) is 40.8 Å². The van der Waals surface area contributed by atoms with Gasteiger partial charge in [-0.05, 0) is 45.0 Å². The van der Waals surface area contributed by atoms with E-state index < -0.39 is 11.7 Å². The molecular weight excluding hydrogens is 326 g/mol. The third kappa shape index (κ3) is 2.26. The molecule has 5 nitrogen and oxygen atoms in total. The number of amides is 1. The number of Topliss-reactive ketones (excluding diaryl/α,β-unsaturated/α-hetero) is 1. The van der Waals surface area contributed by atoms with Crippen molar-refractivity contribution in [3.63, 3.8) is 0 Å². The summed E-state index contributed by atoms with van der Waals surface area (Å²) < 4.78 is 2.12. The molecule has 3 aliphatic heterocycles. The van der Waals surface area contributed by atoms with E-state index >= 15 is 0 Å². The maximum absolute atomic E-state index is 12.6. The molecule has 3 saturated heterocycles. The van der Waals surface area contributed by atoms with Gasteiger partial charge in [0.15, 0.2) is 0 Å². The molecule has 0 unspecified atom stereocenters. The average Bonchev–Trinajstić information content (AvgIpc) is 2.89. The molecule has 128 valence electrons. The van der Waals surface area contributed by atoms with Crippen LogP contribution in [0.3, 0.4) is 0 Å². The first-order valence-corrected chi connectivity index (χ1v) is 8.18. The summed E-state index contributed by atoms with van der Waals surface area (Å²) in [6.45, 7) is 3.18. The summed E-state index contributed by atoms with van der Waals surface area (Å²) >= 11 is 0. The zero-order valence-electron chi connectivity index (χ0n) is 13.7. The Hall–Kier alpha value is -1.85. The molecule has 1 aromatic heterocycles. The molecule has 0 atom stereocenters. The van der Waals surface area contributed by atoms with Crippen molar-refractivity contribution in [2.24, 2.45) is 12.8 Å². The molecule has 0 saturated carbocycles. The van der Waals surface area contributed by atoms with Gasteiger partial charge < -0.3 is 15.2 Å². The Balaban J connectivity index is 0.00000169. The second kappa shape index (κ2) is 5.90. The monoisotopic (exact) mass is 347 g/mol. The lowest BCUT2D eigenvalue weighted by Crippen LogP contribution is -2.51. The van der Waals surface area contributed by atoms with Crippen LogP contribution in [-0.2, 0) is 17.3 Å². The van der Waals surface area contributed by atoms with Gasteiger partial charge in [-0.1, -0.05) is 18.2 Å². The van der Waals surface area contributed by atoms with E-state index in [1.807, 2.05) is 31.3 Å². The van der Waals surface area contributed by atoms with E-state index in [2.05, 4.69) is 9.47 Å². The third-order valence-electron chi connectivity index (χ3n) is 5.78. The molecule has 4 heterocycles. The Morgan fingerprint density at radius 1 is 1.08 bits per heavy atom. The van der Waals surface area contributed by atoms with Crippen LogP contribution in [0.2, 0.25) is 0 Å². The second-order valence-electron chi connectivity index (χ2n) is 6.87. The van der Waals surface area contributed by atoms with E-state index in [4.69, 9.17) is 5.73 Å². The number of nitrogens with two attached hydrogens (primary N) is 1. The third-order valence-corrected chi connectivity index (χ3v) is 5.78. The van der Waals surface area contributed by atoms with Crippen LogP contribution < -0.4 is 5.73 Å². The van der Waals surface area contributed by atoms with Gasteiger partial charge in [-0.25, -0.2) is 0 Å². The largest absolute Gasteiger partial charge is 0.363 e. The van der Waals surface area contributed by atoms with Crippen molar-refractivity contribution in [2.75, 3.05) is 19.6 Å². The molecule has 0 aliphatic carbocycles. The lowest BCUT2D eigenvalue weighted by molar-refractivity contribution is -0.114. The van der Waals surface area contributed by atoms with Crippen molar-refractivity contribution in [3.8, 4) is 0 Å². The van der Waals surface area contributed by atoms with Crippen molar-refractivity contribution in [2.45, 2.75) is 24.7 Å². The van der Waals surface area contributed by atoms with Gasteiger partial charge in [-0.3, -0.25) is 9.59 Å². The van der Waals surface area contributed by atoms with E-state index in [9.17, 15) is 9.59 Å². The molecule has 0 spiro atoms. The van der Waals surface area contributed by atoms with Gasteiger partial charge in [0.2, 0.25) is 0 Å². The van der Waals surface area contributed by atoms with Crippen molar-refractivity contribution < 1.29 is 9.59 Å². The Morgan fingerprint density at radius 2 is 1.67 bits per heavy atom. The minimum absolute atomic E-state index is 0. The van der Waals surface area contributed by atoms with Crippen LogP contribution in [0.5, 0.6) is 0 Å². The highest BCUT2D eigenvalue weighted by molar-refractivity contribution is 6.45. The van der Waals surface area contributed by atoms with Gasteiger partial charge in [0.05, 0.1) is 5.56 Å². The standard InChI is InChI=1S/C18H21N3O2.ClH/c1-20-13-5-3-2-4-12(13)14(15(22)17(19)23)16(20)18-6-9-21(10-7-18)11-8-18;/h2-5H,6-11H2,1H3,(H2,19,23);1H. The number of aromatic nitrogens is 1. The van der Waals surface area contributed by atoms with E-state index in [1.165, 1.54) is 0 Å². The molecule has 2 bridgehead atoms. The predicted molar refractivity (Wildman–Crippen MR) is 95.7 cm³/mol. The van der Waals surface area contributed by atoms with E-state index in [1.54, 1.807) is 0 Å². The quantitative estimate of drug-likeness (QED) is 0.682. The summed E-state index contributed by atoms with van der Waals surface area (Å²) in [4.78, 5) is 26.7. The van der Waals surface area contributed by atoms with Crippen LogP contribution in [0.25, 0.3) is 10.9 Å². The fourth-order valence-corrected chi connectivity index (χ4v) is 4.55. The summed E-state index contributed by atoms with van der Waals surface area (Å²) in [5.74, 6) is -1.42. The molecule has 24 heavy (non-hydrogen) atoms. The summed E-state index contributed by atoms with van der Waals surface area (Å²) in [5, 5.41) is 0.844.